The maximum atomic E-state index is 13.3. The summed E-state index contributed by atoms with van der Waals surface area (Å²) in [5, 5.41) is 3.13. The fourth-order valence-electron chi connectivity index (χ4n) is 3.94. The van der Waals surface area contributed by atoms with E-state index in [2.05, 4.69) is 5.32 Å². The Balaban J connectivity index is 2.07. The Hall–Kier alpha value is -2.28. The van der Waals surface area contributed by atoms with Crippen LogP contribution >= 0.6 is 0 Å². The minimum Gasteiger partial charge on any atom is -0.465 e. The van der Waals surface area contributed by atoms with Crippen LogP contribution in [0, 0.1) is 17.7 Å². The highest BCUT2D eigenvalue weighted by Gasteiger charge is 2.66. The molecule has 0 saturated carbocycles. The van der Waals surface area contributed by atoms with E-state index in [0.717, 1.165) is 0 Å². The van der Waals surface area contributed by atoms with Crippen molar-refractivity contribution in [3.05, 3.63) is 35.6 Å². The molecule has 0 bridgehead atoms. The summed E-state index contributed by atoms with van der Waals surface area (Å²) >= 11 is 0. The number of likely N-dealkylation sites (tertiary alicyclic amines) is 1. The lowest BCUT2D eigenvalue weighted by Gasteiger charge is -2.28. The van der Waals surface area contributed by atoms with E-state index in [1.807, 2.05) is 0 Å². The number of esters is 1. The van der Waals surface area contributed by atoms with Crippen LogP contribution in [0.1, 0.15) is 32.4 Å². The number of imide groups is 1. The molecule has 25 heavy (non-hydrogen) atoms. The molecule has 0 aliphatic carbocycles. The number of benzene rings is 1. The molecule has 2 fully saturated rings. The highest BCUT2D eigenvalue weighted by atomic mass is 19.1. The Morgan fingerprint density at radius 1 is 1.24 bits per heavy atom. The van der Waals surface area contributed by atoms with Crippen LogP contribution in [-0.2, 0) is 19.1 Å². The van der Waals surface area contributed by atoms with Crippen LogP contribution in [0.3, 0.4) is 0 Å². The lowest BCUT2D eigenvalue weighted by Crippen LogP contribution is -2.54. The number of fused-ring (bicyclic) bond motifs is 1. The standard InChI is InChI=1S/C18H21FN2O4/c1-4-21-15(22)12-13(16(21)23)18(3,17(24)25-5-2)20-14(12)10-6-8-11(19)9-7-10/h6-9,12-14,20H,4-5H2,1-3H3/t12-,13-,14-,18+/m0/s1. The fraction of sp³-hybridized carbons (Fsp3) is 0.500. The second kappa shape index (κ2) is 6.22. The summed E-state index contributed by atoms with van der Waals surface area (Å²) in [5.74, 6) is -3.19. The number of nitrogens with zero attached hydrogens (tertiary/aromatic N) is 1. The lowest BCUT2D eigenvalue weighted by atomic mass is 9.80. The quantitative estimate of drug-likeness (QED) is 0.658. The van der Waals surface area contributed by atoms with Crippen molar-refractivity contribution >= 4 is 17.8 Å². The number of ether oxygens (including phenoxy) is 1. The van der Waals surface area contributed by atoms with Crippen LogP contribution in [0.5, 0.6) is 0 Å². The number of rotatable bonds is 4. The summed E-state index contributed by atoms with van der Waals surface area (Å²) in [5.41, 5.74) is -0.653. The molecule has 0 radical (unpaired) electrons. The van der Waals surface area contributed by atoms with Gasteiger partial charge in [-0.1, -0.05) is 12.1 Å². The Kier molecular flexibility index (Phi) is 4.36. The van der Waals surface area contributed by atoms with Crippen molar-refractivity contribution in [3.8, 4) is 0 Å². The van der Waals surface area contributed by atoms with E-state index in [-0.39, 0.29) is 25.0 Å². The molecule has 1 aromatic carbocycles. The summed E-state index contributed by atoms with van der Waals surface area (Å²) in [6.07, 6.45) is 0. The van der Waals surface area contributed by atoms with Gasteiger partial charge in [0.25, 0.3) is 0 Å². The van der Waals surface area contributed by atoms with Gasteiger partial charge in [0.15, 0.2) is 0 Å². The molecule has 3 rings (SSSR count). The van der Waals surface area contributed by atoms with E-state index < -0.39 is 35.2 Å². The number of halogens is 1. The molecule has 1 aromatic rings. The first kappa shape index (κ1) is 17.5. The van der Waals surface area contributed by atoms with E-state index in [1.54, 1.807) is 32.9 Å². The smallest absolute Gasteiger partial charge is 0.326 e. The number of hydrogen-bond acceptors (Lipinski definition) is 5. The van der Waals surface area contributed by atoms with Crippen LogP contribution in [0.2, 0.25) is 0 Å². The molecule has 7 heteroatoms. The molecule has 2 saturated heterocycles. The van der Waals surface area contributed by atoms with Gasteiger partial charge in [-0.05, 0) is 38.5 Å². The third-order valence-electron chi connectivity index (χ3n) is 5.12. The second-order valence-corrected chi connectivity index (χ2v) is 6.52. The first-order valence-corrected chi connectivity index (χ1v) is 8.40. The predicted octanol–water partition coefficient (Wildman–Crippen LogP) is 1.41. The minimum absolute atomic E-state index is 0.175. The van der Waals surface area contributed by atoms with Gasteiger partial charge in [0.05, 0.1) is 18.4 Å². The van der Waals surface area contributed by atoms with Crippen molar-refractivity contribution in [3.63, 3.8) is 0 Å². The molecule has 0 unspecified atom stereocenters. The third kappa shape index (κ3) is 2.54. The Morgan fingerprint density at radius 2 is 1.88 bits per heavy atom. The summed E-state index contributed by atoms with van der Waals surface area (Å²) in [6, 6.07) is 5.16. The summed E-state index contributed by atoms with van der Waals surface area (Å²) < 4.78 is 18.4. The average molecular weight is 348 g/mol. The van der Waals surface area contributed by atoms with Gasteiger partial charge in [-0.25, -0.2) is 4.39 Å². The van der Waals surface area contributed by atoms with Crippen molar-refractivity contribution in [2.75, 3.05) is 13.2 Å². The number of nitrogens with one attached hydrogen (secondary N) is 1. The molecule has 2 aliphatic rings. The fourth-order valence-corrected chi connectivity index (χ4v) is 3.94. The molecule has 2 heterocycles. The van der Waals surface area contributed by atoms with Gasteiger partial charge in [0, 0.05) is 12.6 Å². The van der Waals surface area contributed by atoms with E-state index in [4.69, 9.17) is 4.74 Å². The molecule has 1 N–H and O–H groups in total. The highest BCUT2D eigenvalue weighted by molar-refractivity contribution is 6.09. The van der Waals surface area contributed by atoms with Crippen LogP contribution in [0.25, 0.3) is 0 Å². The molecule has 0 spiro atoms. The molecule has 4 atom stereocenters. The van der Waals surface area contributed by atoms with E-state index in [1.165, 1.54) is 17.0 Å². The van der Waals surface area contributed by atoms with Gasteiger partial charge < -0.3 is 4.74 Å². The molecular weight excluding hydrogens is 327 g/mol. The Bertz CT molecular complexity index is 720. The van der Waals surface area contributed by atoms with Gasteiger partial charge in [0.2, 0.25) is 11.8 Å². The number of amides is 2. The molecule has 0 aromatic heterocycles. The lowest BCUT2D eigenvalue weighted by molar-refractivity contribution is -0.155. The second-order valence-electron chi connectivity index (χ2n) is 6.52. The first-order valence-electron chi connectivity index (χ1n) is 8.40. The Labute approximate surface area is 145 Å². The topological polar surface area (TPSA) is 75.7 Å². The van der Waals surface area contributed by atoms with Crippen molar-refractivity contribution in [1.29, 1.82) is 0 Å². The molecule has 134 valence electrons. The van der Waals surface area contributed by atoms with Crippen LogP contribution in [-0.4, -0.2) is 41.4 Å². The summed E-state index contributed by atoms with van der Waals surface area (Å²) in [6.45, 7) is 5.43. The number of carbonyl (C=O) groups is 3. The van der Waals surface area contributed by atoms with Gasteiger partial charge in [-0.3, -0.25) is 24.6 Å². The SMILES string of the molecule is CCOC(=O)[C@]1(C)N[C@@H](c2ccc(F)cc2)[C@H]2C(=O)N(CC)C(=O)[C@H]21. The Morgan fingerprint density at radius 3 is 2.44 bits per heavy atom. The average Bonchev–Trinajstić information content (AvgIpc) is 3.03. The summed E-state index contributed by atoms with van der Waals surface area (Å²) in [7, 11) is 0. The number of hydrogen-bond donors (Lipinski definition) is 1. The predicted molar refractivity (Wildman–Crippen MR) is 86.7 cm³/mol. The van der Waals surface area contributed by atoms with E-state index >= 15 is 0 Å². The number of carbonyl (C=O) groups excluding carboxylic acids is 3. The maximum Gasteiger partial charge on any atom is 0.326 e. The molecule has 2 amide bonds. The highest BCUT2D eigenvalue weighted by Crippen LogP contribution is 2.48. The van der Waals surface area contributed by atoms with Crippen LogP contribution < -0.4 is 5.32 Å². The zero-order valence-electron chi connectivity index (χ0n) is 14.4. The first-order chi connectivity index (χ1) is 11.8. The van der Waals surface area contributed by atoms with Crippen molar-refractivity contribution in [2.45, 2.75) is 32.4 Å². The molecule has 2 aliphatic heterocycles. The van der Waals surface area contributed by atoms with Gasteiger partial charge in [0.1, 0.15) is 11.4 Å². The zero-order valence-corrected chi connectivity index (χ0v) is 14.4. The van der Waals surface area contributed by atoms with Crippen molar-refractivity contribution in [2.24, 2.45) is 11.8 Å². The monoisotopic (exact) mass is 348 g/mol. The minimum atomic E-state index is -1.31. The van der Waals surface area contributed by atoms with E-state index in [9.17, 15) is 18.8 Å². The normalized spacial score (nSPS) is 31.4. The van der Waals surface area contributed by atoms with Crippen LogP contribution in [0.4, 0.5) is 4.39 Å². The van der Waals surface area contributed by atoms with Gasteiger partial charge in [-0.2, -0.15) is 0 Å². The van der Waals surface area contributed by atoms with E-state index in [0.29, 0.717) is 5.56 Å². The van der Waals surface area contributed by atoms with Crippen LogP contribution in [0.15, 0.2) is 24.3 Å². The maximum absolute atomic E-state index is 13.3. The van der Waals surface area contributed by atoms with Gasteiger partial charge in [-0.15, -0.1) is 0 Å². The largest absolute Gasteiger partial charge is 0.465 e. The molecular formula is C18H21FN2O4. The third-order valence-corrected chi connectivity index (χ3v) is 5.12. The molecule has 6 nitrogen and oxygen atoms in total. The van der Waals surface area contributed by atoms with Gasteiger partial charge >= 0.3 is 5.97 Å². The van der Waals surface area contributed by atoms with Crippen molar-refractivity contribution in [1.82, 2.24) is 10.2 Å². The zero-order chi connectivity index (χ0) is 18.4. The van der Waals surface area contributed by atoms with Crippen molar-refractivity contribution < 1.29 is 23.5 Å². The summed E-state index contributed by atoms with van der Waals surface area (Å²) in [4.78, 5) is 39.3.